The van der Waals surface area contributed by atoms with Crippen molar-refractivity contribution in [3.05, 3.63) is 23.4 Å². The number of hydrogen-bond acceptors (Lipinski definition) is 6. The molecule has 0 aliphatic heterocycles. The molecule has 32 heavy (non-hydrogen) atoms. The highest BCUT2D eigenvalue weighted by Crippen LogP contribution is 2.27. The molecule has 0 bridgehead atoms. The van der Waals surface area contributed by atoms with Gasteiger partial charge in [-0.05, 0) is 52.2 Å². The average molecular weight is 468 g/mol. The number of nitrogens with one attached hydrogen (secondary N) is 3. The van der Waals surface area contributed by atoms with Gasteiger partial charge < -0.3 is 25.6 Å². The number of ether oxygens (including phenoxy) is 1. The number of alkyl carbamates (subject to hydrolysis) is 1. The van der Waals surface area contributed by atoms with Crippen LogP contribution in [0.1, 0.15) is 40.0 Å². The molecule has 10 nitrogen and oxygen atoms in total. The van der Waals surface area contributed by atoms with E-state index >= 15 is 0 Å². The van der Waals surface area contributed by atoms with Crippen molar-refractivity contribution in [1.82, 2.24) is 20.5 Å². The van der Waals surface area contributed by atoms with Crippen molar-refractivity contribution >= 4 is 41.2 Å². The number of aromatic nitrogens is 1. The number of rotatable bonds is 4. The summed E-state index contributed by atoms with van der Waals surface area (Å²) in [5.74, 6) is -1.97. The van der Waals surface area contributed by atoms with E-state index in [1.807, 2.05) is 0 Å². The molecule has 1 saturated carbocycles. The standard InChI is InChI=1S/C21H30ClN5O5/c1-21(2,3)32-20(31)25-15-10-12(19(30)27(4)5)6-8-14(15)24-17(28)18(29)26-16-9-7-13(22)11-23-16/h7,9,11-12,14-15H,6,8,10H2,1-5H3,(H,24,28)(H,25,31)(H,23,26,29)/t12-,14-,15+/m0/s1. The number of anilines is 1. The quantitative estimate of drug-likeness (QED) is 0.580. The lowest BCUT2D eigenvalue weighted by Crippen LogP contribution is -2.57. The van der Waals surface area contributed by atoms with Gasteiger partial charge in [0.1, 0.15) is 11.4 Å². The number of pyridine rings is 1. The van der Waals surface area contributed by atoms with Crippen LogP contribution in [0.5, 0.6) is 0 Å². The molecule has 1 aromatic rings. The molecule has 4 amide bonds. The molecule has 3 N–H and O–H groups in total. The van der Waals surface area contributed by atoms with Crippen molar-refractivity contribution in [3.63, 3.8) is 0 Å². The highest BCUT2D eigenvalue weighted by atomic mass is 35.5. The van der Waals surface area contributed by atoms with Gasteiger partial charge in [-0.15, -0.1) is 0 Å². The third-order valence-corrected chi connectivity index (χ3v) is 5.06. The lowest BCUT2D eigenvalue weighted by atomic mass is 9.81. The van der Waals surface area contributed by atoms with Crippen LogP contribution in [0.3, 0.4) is 0 Å². The first-order chi connectivity index (χ1) is 14.9. The normalized spacial score (nSPS) is 20.6. The Labute approximate surface area is 192 Å². The molecule has 0 aromatic carbocycles. The first-order valence-electron chi connectivity index (χ1n) is 10.3. The predicted octanol–water partition coefficient (Wildman–Crippen LogP) is 1.94. The summed E-state index contributed by atoms with van der Waals surface area (Å²) in [6.07, 6.45) is 1.91. The fraction of sp³-hybridized carbons (Fsp3) is 0.571. The van der Waals surface area contributed by atoms with Crippen LogP contribution < -0.4 is 16.0 Å². The van der Waals surface area contributed by atoms with E-state index in [4.69, 9.17) is 16.3 Å². The van der Waals surface area contributed by atoms with Gasteiger partial charge in [-0.3, -0.25) is 14.4 Å². The molecule has 1 aliphatic carbocycles. The van der Waals surface area contributed by atoms with E-state index in [0.717, 1.165) is 0 Å². The molecule has 11 heteroatoms. The summed E-state index contributed by atoms with van der Waals surface area (Å²) in [6.45, 7) is 5.21. The summed E-state index contributed by atoms with van der Waals surface area (Å²) < 4.78 is 5.32. The smallest absolute Gasteiger partial charge is 0.407 e. The van der Waals surface area contributed by atoms with Gasteiger partial charge in [0.05, 0.1) is 11.1 Å². The van der Waals surface area contributed by atoms with Crippen molar-refractivity contribution in [2.45, 2.75) is 57.7 Å². The number of carbonyl (C=O) groups is 4. The number of halogens is 1. The van der Waals surface area contributed by atoms with Gasteiger partial charge in [0.25, 0.3) is 0 Å². The first kappa shape index (κ1) is 25.4. The van der Waals surface area contributed by atoms with E-state index in [9.17, 15) is 19.2 Å². The Morgan fingerprint density at radius 1 is 1.06 bits per heavy atom. The van der Waals surface area contributed by atoms with Crippen LogP contribution >= 0.6 is 11.6 Å². The van der Waals surface area contributed by atoms with Crippen LogP contribution in [0.2, 0.25) is 5.02 Å². The molecule has 0 unspecified atom stereocenters. The second kappa shape index (κ2) is 10.6. The van der Waals surface area contributed by atoms with Crippen molar-refractivity contribution in [2.75, 3.05) is 19.4 Å². The molecule has 176 valence electrons. The van der Waals surface area contributed by atoms with Gasteiger partial charge in [0.2, 0.25) is 5.91 Å². The highest BCUT2D eigenvalue weighted by Gasteiger charge is 2.37. The third-order valence-electron chi connectivity index (χ3n) is 4.83. The zero-order chi connectivity index (χ0) is 24.1. The Balaban J connectivity index is 2.07. The minimum Gasteiger partial charge on any atom is -0.444 e. The Morgan fingerprint density at radius 2 is 1.75 bits per heavy atom. The van der Waals surface area contributed by atoms with Crippen LogP contribution in [0.25, 0.3) is 0 Å². The Bertz CT molecular complexity index is 853. The zero-order valence-corrected chi connectivity index (χ0v) is 19.7. The molecule has 0 saturated heterocycles. The van der Waals surface area contributed by atoms with Gasteiger partial charge in [0.15, 0.2) is 0 Å². The van der Waals surface area contributed by atoms with Crippen LogP contribution in [-0.4, -0.2) is 65.5 Å². The fourth-order valence-electron chi connectivity index (χ4n) is 3.41. The summed E-state index contributed by atoms with van der Waals surface area (Å²) >= 11 is 5.76. The maximum atomic E-state index is 12.5. The van der Waals surface area contributed by atoms with Crippen LogP contribution in [-0.2, 0) is 19.1 Å². The maximum Gasteiger partial charge on any atom is 0.407 e. The van der Waals surface area contributed by atoms with E-state index in [-0.39, 0.29) is 17.6 Å². The third kappa shape index (κ3) is 7.67. The SMILES string of the molecule is CN(C)C(=O)[C@H]1CC[C@H](NC(=O)C(=O)Nc2ccc(Cl)cn2)[C@H](NC(=O)OC(C)(C)C)C1. The molecule has 1 fully saturated rings. The lowest BCUT2D eigenvalue weighted by molar-refractivity contribution is -0.137. The van der Waals surface area contributed by atoms with Crippen molar-refractivity contribution < 1.29 is 23.9 Å². The number of hydrogen-bond donors (Lipinski definition) is 3. The lowest BCUT2D eigenvalue weighted by Gasteiger charge is -2.37. The van der Waals surface area contributed by atoms with Crippen LogP contribution in [0, 0.1) is 5.92 Å². The molecule has 0 radical (unpaired) electrons. The molecule has 1 aromatic heterocycles. The molecule has 1 heterocycles. The molecule has 3 atom stereocenters. The number of nitrogens with zero attached hydrogens (tertiary/aromatic N) is 2. The van der Waals surface area contributed by atoms with E-state index < -0.39 is 35.6 Å². The Hall–Kier alpha value is -2.88. The second-order valence-corrected chi connectivity index (χ2v) is 9.33. The molecular weight excluding hydrogens is 438 g/mol. The largest absolute Gasteiger partial charge is 0.444 e. The van der Waals surface area contributed by atoms with E-state index in [1.54, 1.807) is 34.9 Å². The van der Waals surface area contributed by atoms with Crippen molar-refractivity contribution in [3.8, 4) is 0 Å². The monoisotopic (exact) mass is 467 g/mol. The van der Waals surface area contributed by atoms with Gasteiger partial charge in [-0.1, -0.05) is 11.6 Å². The summed E-state index contributed by atoms with van der Waals surface area (Å²) in [4.78, 5) is 54.9. The molecule has 2 rings (SSSR count). The van der Waals surface area contributed by atoms with Crippen LogP contribution in [0.4, 0.5) is 10.6 Å². The summed E-state index contributed by atoms with van der Waals surface area (Å²) in [5.41, 5.74) is -0.707. The highest BCUT2D eigenvalue weighted by molar-refractivity contribution is 6.39. The van der Waals surface area contributed by atoms with E-state index in [2.05, 4.69) is 20.9 Å². The topological polar surface area (TPSA) is 130 Å². The predicted molar refractivity (Wildman–Crippen MR) is 119 cm³/mol. The zero-order valence-electron chi connectivity index (χ0n) is 18.9. The number of carbonyl (C=O) groups excluding carboxylic acids is 4. The minimum absolute atomic E-state index is 0.0580. The van der Waals surface area contributed by atoms with Gasteiger partial charge in [-0.2, -0.15) is 0 Å². The van der Waals surface area contributed by atoms with Crippen molar-refractivity contribution in [2.24, 2.45) is 5.92 Å². The summed E-state index contributed by atoms with van der Waals surface area (Å²) in [7, 11) is 3.34. The Kier molecular flexibility index (Phi) is 8.43. The Morgan fingerprint density at radius 3 is 2.31 bits per heavy atom. The van der Waals surface area contributed by atoms with Gasteiger partial charge in [-0.25, -0.2) is 9.78 Å². The first-order valence-corrected chi connectivity index (χ1v) is 10.7. The summed E-state index contributed by atoms with van der Waals surface area (Å²) in [5, 5.41) is 8.19. The van der Waals surface area contributed by atoms with Gasteiger partial charge in [0, 0.05) is 32.3 Å². The van der Waals surface area contributed by atoms with E-state index in [1.165, 1.54) is 23.2 Å². The van der Waals surface area contributed by atoms with Crippen molar-refractivity contribution in [1.29, 1.82) is 0 Å². The minimum atomic E-state index is -0.901. The molecule has 0 spiro atoms. The average Bonchev–Trinajstić information content (AvgIpc) is 2.68. The van der Waals surface area contributed by atoms with Gasteiger partial charge >= 0.3 is 17.9 Å². The fourth-order valence-corrected chi connectivity index (χ4v) is 3.52. The molecule has 1 aliphatic rings. The van der Waals surface area contributed by atoms with E-state index in [0.29, 0.717) is 24.3 Å². The summed E-state index contributed by atoms with van der Waals surface area (Å²) in [6, 6.07) is 1.87. The second-order valence-electron chi connectivity index (χ2n) is 8.89. The number of amides is 4. The van der Waals surface area contributed by atoms with Crippen LogP contribution in [0.15, 0.2) is 18.3 Å². The maximum absolute atomic E-state index is 12.5. The molecular formula is C21H30ClN5O5.